The van der Waals surface area contributed by atoms with Gasteiger partial charge in [-0.1, -0.05) is 11.6 Å². The van der Waals surface area contributed by atoms with E-state index in [0.717, 1.165) is 0 Å². The Labute approximate surface area is 139 Å². The van der Waals surface area contributed by atoms with E-state index in [4.69, 9.17) is 16.3 Å². The Morgan fingerprint density at radius 3 is 2.70 bits per heavy atom. The van der Waals surface area contributed by atoms with E-state index >= 15 is 0 Å². The molecule has 7 heteroatoms. The summed E-state index contributed by atoms with van der Waals surface area (Å²) in [5.41, 5.74) is -1.40. The Morgan fingerprint density at radius 1 is 1.35 bits per heavy atom. The molecule has 1 amide bonds. The number of amides is 1. The molecule has 0 aliphatic heterocycles. The van der Waals surface area contributed by atoms with Gasteiger partial charge in [-0.3, -0.25) is 9.36 Å². The maximum atomic E-state index is 12.2. The highest BCUT2D eigenvalue weighted by molar-refractivity contribution is 6.30. The molecule has 0 aliphatic rings. The van der Waals surface area contributed by atoms with Crippen molar-refractivity contribution < 1.29 is 9.53 Å². The fourth-order valence-electron chi connectivity index (χ4n) is 1.90. The zero-order valence-corrected chi connectivity index (χ0v) is 13.7. The van der Waals surface area contributed by atoms with Crippen LogP contribution in [-0.4, -0.2) is 27.6 Å². The number of carbonyl (C=O) groups is 1. The number of benzene rings is 1. The van der Waals surface area contributed by atoms with Gasteiger partial charge in [0, 0.05) is 30.5 Å². The van der Waals surface area contributed by atoms with Crippen molar-refractivity contribution in [3.8, 4) is 5.75 Å². The van der Waals surface area contributed by atoms with Gasteiger partial charge in [-0.05, 0) is 44.2 Å². The van der Waals surface area contributed by atoms with Gasteiger partial charge in [0.25, 0.3) is 5.91 Å². The lowest BCUT2D eigenvalue weighted by atomic mass is 10.1. The first-order valence-electron chi connectivity index (χ1n) is 7.13. The number of hydrogen-bond acceptors (Lipinski definition) is 4. The highest BCUT2D eigenvalue weighted by Gasteiger charge is 2.29. The summed E-state index contributed by atoms with van der Waals surface area (Å²) < 4.78 is 7.12. The molecule has 1 aromatic carbocycles. The molecule has 23 heavy (non-hydrogen) atoms. The minimum Gasteiger partial charge on any atom is -0.478 e. The van der Waals surface area contributed by atoms with Crippen LogP contribution >= 0.6 is 11.6 Å². The molecule has 1 heterocycles. The van der Waals surface area contributed by atoms with Gasteiger partial charge in [0.1, 0.15) is 5.75 Å². The highest BCUT2D eigenvalue weighted by atomic mass is 35.5. The van der Waals surface area contributed by atoms with E-state index in [1.54, 1.807) is 50.4 Å². The molecule has 0 spiro atoms. The molecule has 6 nitrogen and oxygen atoms in total. The summed E-state index contributed by atoms with van der Waals surface area (Å²) in [6.45, 7) is 3.99. The van der Waals surface area contributed by atoms with Crippen molar-refractivity contribution >= 4 is 17.5 Å². The first kappa shape index (κ1) is 17.0. The Hall–Kier alpha value is -2.34. The van der Waals surface area contributed by atoms with Gasteiger partial charge in [-0.25, -0.2) is 9.78 Å². The first-order chi connectivity index (χ1) is 10.9. The number of ether oxygens (including phenoxy) is 1. The third kappa shape index (κ3) is 4.82. The standard InChI is InChI=1S/C16H18ClN3O3/c1-16(2,23-13-6-4-12(17)5-7-13)14(21)18-9-11-20-10-3-8-19-15(20)22/h3-8,10H,9,11H2,1-2H3,(H,18,21). The number of nitrogens with zero attached hydrogens (tertiary/aromatic N) is 2. The molecule has 0 bridgehead atoms. The Balaban J connectivity index is 1.89. The van der Waals surface area contributed by atoms with Gasteiger partial charge in [0.15, 0.2) is 5.60 Å². The largest absolute Gasteiger partial charge is 0.478 e. The maximum absolute atomic E-state index is 12.2. The molecule has 1 aromatic heterocycles. The number of carbonyl (C=O) groups excluding carboxylic acids is 1. The van der Waals surface area contributed by atoms with Gasteiger partial charge in [0.05, 0.1) is 0 Å². The molecule has 0 radical (unpaired) electrons. The van der Waals surface area contributed by atoms with Crippen molar-refractivity contribution in [1.29, 1.82) is 0 Å². The molecule has 0 saturated carbocycles. The number of hydrogen-bond donors (Lipinski definition) is 1. The second-order valence-electron chi connectivity index (χ2n) is 5.42. The van der Waals surface area contributed by atoms with Crippen molar-refractivity contribution in [3.05, 3.63) is 58.2 Å². The topological polar surface area (TPSA) is 73.2 Å². The van der Waals surface area contributed by atoms with E-state index in [1.165, 1.54) is 10.8 Å². The van der Waals surface area contributed by atoms with Gasteiger partial charge >= 0.3 is 5.69 Å². The number of halogens is 1. The first-order valence-corrected chi connectivity index (χ1v) is 7.50. The molecule has 0 fully saturated rings. The molecule has 2 rings (SSSR count). The normalized spacial score (nSPS) is 11.1. The lowest BCUT2D eigenvalue weighted by molar-refractivity contribution is -0.134. The summed E-state index contributed by atoms with van der Waals surface area (Å²) in [7, 11) is 0. The maximum Gasteiger partial charge on any atom is 0.347 e. The molecule has 0 unspecified atom stereocenters. The van der Waals surface area contributed by atoms with E-state index in [-0.39, 0.29) is 11.6 Å². The van der Waals surface area contributed by atoms with Crippen molar-refractivity contribution in [2.24, 2.45) is 0 Å². The van der Waals surface area contributed by atoms with Crippen LogP contribution in [0.3, 0.4) is 0 Å². The lowest BCUT2D eigenvalue weighted by Gasteiger charge is -2.25. The Bertz CT molecular complexity index is 726. The second-order valence-corrected chi connectivity index (χ2v) is 5.85. The van der Waals surface area contributed by atoms with Crippen LogP contribution in [0, 0.1) is 0 Å². The van der Waals surface area contributed by atoms with Crippen LogP contribution in [0.15, 0.2) is 47.5 Å². The van der Waals surface area contributed by atoms with Crippen LogP contribution in [0.5, 0.6) is 5.75 Å². The van der Waals surface area contributed by atoms with E-state index in [1.807, 2.05) is 0 Å². The fourth-order valence-corrected chi connectivity index (χ4v) is 2.03. The summed E-state index contributed by atoms with van der Waals surface area (Å²) in [4.78, 5) is 27.4. The molecule has 2 aromatic rings. The number of nitrogens with one attached hydrogen (secondary N) is 1. The third-order valence-corrected chi connectivity index (χ3v) is 3.41. The van der Waals surface area contributed by atoms with Crippen LogP contribution in [0.25, 0.3) is 0 Å². The minimum absolute atomic E-state index is 0.274. The predicted octanol–water partition coefficient (Wildman–Crippen LogP) is 1.87. The van der Waals surface area contributed by atoms with Crippen molar-refractivity contribution in [2.75, 3.05) is 6.54 Å². The van der Waals surface area contributed by atoms with E-state index in [9.17, 15) is 9.59 Å². The van der Waals surface area contributed by atoms with Crippen LogP contribution in [0.1, 0.15) is 13.8 Å². The van der Waals surface area contributed by atoms with E-state index in [0.29, 0.717) is 23.9 Å². The zero-order valence-electron chi connectivity index (χ0n) is 13.0. The SMILES string of the molecule is CC(C)(Oc1ccc(Cl)cc1)C(=O)NCCn1cccnc1=O. The summed E-state index contributed by atoms with van der Waals surface area (Å²) in [6, 6.07) is 8.45. The average molecular weight is 336 g/mol. The van der Waals surface area contributed by atoms with Crippen LogP contribution in [0.2, 0.25) is 5.02 Å². The highest BCUT2D eigenvalue weighted by Crippen LogP contribution is 2.20. The summed E-state index contributed by atoms with van der Waals surface area (Å²) in [6.07, 6.45) is 3.05. The molecule has 0 aliphatic carbocycles. The van der Waals surface area contributed by atoms with Crippen molar-refractivity contribution in [3.63, 3.8) is 0 Å². The van der Waals surface area contributed by atoms with Crippen LogP contribution < -0.4 is 15.7 Å². The predicted molar refractivity (Wildman–Crippen MR) is 87.7 cm³/mol. The molecule has 1 N–H and O–H groups in total. The molecule has 0 atom stereocenters. The summed E-state index contributed by atoms with van der Waals surface area (Å²) in [5.74, 6) is 0.280. The summed E-state index contributed by atoms with van der Waals surface area (Å²) >= 11 is 5.82. The molecular weight excluding hydrogens is 318 g/mol. The second kappa shape index (κ2) is 7.28. The molecular formula is C16H18ClN3O3. The van der Waals surface area contributed by atoms with Crippen molar-refractivity contribution in [2.45, 2.75) is 26.0 Å². The van der Waals surface area contributed by atoms with E-state index < -0.39 is 5.60 Å². The molecule has 122 valence electrons. The Kier molecular flexibility index (Phi) is 5.39. The monoisotopic (exact) mass is 335 g/mol. The van der Waals surface area contributed by atoms with Gasteiger partial charge < -0.3 is 10.1 Å². The number of rotatable bonds is 6. The smallest absolute Gasteiger partial charge is 0.347 e. The van der Waals surface area contributed by atoms with Gasteiger partial charge in [0.2, 0.25) is 0 Å². The Morgan fingerprint density at radius 2 is 2.04 bits per heavy atom. The minimum atomic E-state index is -1.05. The zero-order chi connectivity index (χ0) is 16.9. The molecule has 0 saturated heterocycles. The average Bonchev–Trinajstić information content (AvgIpc) is 2.51. The van der Waals surface area contributed by atoms with Gasteiger partial charge in [-0.15, -0.1) is 0 Å². The third-order valence-electron chi connectivity index (χ3n) is 3.15. The summed E-state index contributed by atoms with van der Waals surface area (Å²) in [5, 5.41) is 3.35. The fraction of sp³-hybridized carbons (Fsp3) is 0.312. The van der Waals surface area contributed by atoms with Crippen LogP contribution in [0.4, 0.5) is 0 Å². The number of aromatic nitrogens is 2. The quantitative estimate of drug-likeness (QED) is 0.874. The van der Waals surface area contributed by atoms with Crippen molar-refractivity contribution in [1.82, 2.24) is 14.9 Å². The van der Waals surface area contributed by atoms with Crippen LogP contribution in [-0.2, 0) is 11.3 Å². The van der Waals surface area contributed by atoms with E-state index in [2.05, 4.69) is 10.3 Å². The lowest BCUT2D eigenvalue weighted by Crippen LogP contribution is -2.47. The van der Waals surface area contributed by atoms with Gasteiger partial charge in [-0.2, -0.15) is 0 Å².